The predicted molar refractivity (Wildman–Crippen MR) is 78.2 cm³/mol. The average molecular weight is 381 g/mol. The number of carboxylic acid groups (broad SMARTS) is 1. The number of hydrogen-bond donors (Lipinski definition) is 2. The van der Waals surface area contributed by atoms with Crippen molar-refractivity contribution in [2.24, 2.45) is 0 Å². The number of alkyl halides is 6. The molecule has 2 N–H and O–H groups in total. The van der Waals surface area contributed by atoms with E-state index in [0.717, 1.165) is 0 Å². The SMILES string of the molecule is O=C(O)C1=C(C(=O)Nc2cc(C(F)(F)F)cc(C(F)(F)F)c2)CCCC1. The highest BCUT2D eigenvalue weighted by molar-refractivity contribution is 6.08. The number of carboxylic acids is 1. The molecule has 0 spiro atoms. The molecule has 0 saturated carbocycles. The van der Waals surface area contributed by atoms with Gasteiger partial charge in [0.05, 0.1) is 11.1 Å². The van der Waals surface area contributed by atoms with Gasteiger partial charge in [0, 0.05) is 16.8 Å². The monoisotopic (exact) mass is 381 g/mol. The molecule has 142 valence electrons. The fourth-order valence-corrected chi connectivity index (χ4v) is 2.63. The Bertz CT molecular complexity index is 732. The molecule has 0 heterocycles. The first-order chi connectivity index (χ1) is 11.9. The summed E-state index contributed by atoms with van der Waals surface area (Å²) in [7, 11) is 0. The zero-order valence-electron chi connectivity index (χ0n) is 13.1. The van der Waals surface area contributed by atoms with Crippen LogP contribution in [0.1, 0.15) is 36.8 Å². The molecule has 4 nitrogen and oxygen atoms in total. The Kier molecular flexibility index (Phi) is 5.33. The Labute approximate surface area is 143 Å². The van der Waals surface area contributed by atoms with Gasteiger partial charge >= 0.3 is 18.3 Å². The van der Waals surface area contributed by atoms with E-state index in [1.54, 1.807) is 0 Å². The van der Waals surface area contributed by atoms with E-state index < -0.39 is 41.0 Å². The summed E-state index contributed by atoms with van der Waals surface area (Å²) < 4.78 is 77.0. The van der Waals surface area contributed by atoms with Gasteiger partial charge in [0.1, 0.15) is 0 Å². The van der Waals surface area contributed by atoms with Crippen LogP contribution < -0.4 is 5.32 Å². The Hall–Kier alpha value is -2.52. The Morgan fingerprint density at radius 3 is 1.73 bits per heavy atom. The van der Waals surface area contributed by atoms with Crippen LogP contribution in [0.3, 0.4) is 0 Å². The number of aliphatic carboxylic acids is 1. The first-order valence-electron chi connectivity index (χ1n) is 7.45. The zero-order valence-corrected chi connectivity index (χ0v) is 13.1. The van der Waals surface area contributed by atoms with Crippen molar-refractivity contribution < 1.29 is 41.0 Å². The number of hydrogen-bond acceptors (Lipinski definition) is 2. The molecule has 0 bridgehead atoms. The van der Waals surface area contributed by atoms with E-state index in [-0.39, 0.29) is 30.1 Å². The second-order valence-electron chi connectivity index (χ2n) is 5.72. The minimum atomic E-state index is -5.04. The van der Waals surface area contributed by atoms with Crippen molar-refractivity contribution in [3.63, 3.8) is 0 Å². The van der Waals surface area contributed by atoms with Gasteiger partial charge in [0.15, 0.2) is 0 Å². The van der Waals surface area contributed by atoms with Gasteiger partial charge in [0.2, 0.25) is 0 Å². The van der Waals surface area contributed by atoms with E-state index in [9.17, 15) is 35.9 Å². The lowest BCUT2D eigenvalue weighted by Gasteiger charge is -2.18. The fourth-order valence-electron chi connectivity index (χ4n) is 2.63. The quantitative estimate of drug-likeness (QED) is 0.751. The Balaban J connectivity index is 2.42. The van der Waals surface area contributed by atoms with Gasteiger partial charge < -0.3 is 10.4 Å². The molecule has 1 aliphatic rings. The molecular weight excluding hydrogens is 368 g/mol. The molecule has 0 saturated heterocycles. The first kappa shape index (κ1) is 19.8. The van der Waals surface area contributed by atoms with Gasteiger partial charge in [-0.05, 0) is 43.9 Å². The van der Waals surface area contributed by atoms with Crippen LogP contribution in [0.15, 0.2) is 29.3 Å². The number of anilines is 1. The number of carbonyl (C=O) groups excluding carboxylic acids is 1. The van der Waals surface area contributed by atoms with Crippen LogP contribution in [0, 0.1) is 0 Å². The lowest BCUT2D eigenvalue weighted by atomic mass is 9.91. The highest BCUT2D eigenvalue weighted by atomic mass is 19.4. The van der Waals surface area contributed by atoms with Crippen molar-refractivity contribution in [1.29, 1.82) is 0 Å². The van der Waals surface area contributed by atoms with Gasteiger partial charge in [0.25, 0.3) is 5.91 Å². The molecule has 10 heteroatoms. The number of halogens is 6. The van der Waals surface area contributed by atoms with Crippen LogP contribution >= 0.6 is 0 Å². The Morgan fingerprint density at radius 2 is 1.31 bits per heavy atom. The molecule has 1 aromatic carbocycles. The highest BCUT2D eigenvalue weighted by Crippen LogP contribution is 2.37. The maximum absolute atomic E-state index is 12.8. The maximum atomic E-state index is 12.8. The van der Waals surface area contributed by atoms with Crippen LogP contribution in [0.2, 0.25) is 0 Å². The molecule has 0 radical (unpaired) electrons. The smallest absolute Gasteiger partial charge is 0.416 e. The van der Waals surface area contributed by atoms with E-state index >= 15 is 0 Å². The maximum Gasteiger partial charge on any atom is 0.416 e. The second-order valence-corrected chi connectivity index (χ2v) is 5.72. The molecule has 0 aliphatic heterocycles. The summed E-state index contributed by atoms with van der Waals surface area (Å²) in [5, 5.41) is 11.1. The van der Waals surface area contributed by atoms with E-state index in [1.807, 2.05) is 5.32 Å². The normalized spacial score (nSPS) is 15.8. The fraction of sp³-hybridized carbons (Fsp3) is 0.375. The third-order valence-electron chi connectivity index (χ3n) is 3.85. The van der Waals surface area contributed by atoms with Gasteiger partial charge in [-0.15, -0.1) is 0 Å². The number of amides is 1. The van der Waals surface area contributed by atoms with Crippen molar-refractivity contribution in [3.8, 4) is 0 Å². The van der Waals surface area contributed by atoms with Crippen LogP contribution in [0.4, 0.5) is 32.0 Å². The molecule has 0 aromatic heterocycles. The largest absolute Gasteiger partial charge is 0.478 e. The van der Waals surface area contributed by atoms with Crippen LogP contribution in [0.5, 0.6) is 0 Å². The minimum absolute atomic E-state index is 0.0573. The Morgan fingerprint density at radius 1 is 0.846 bits per heavy atom. The van der Waals surface area contributed by atoms with E-state index in [0.29, 0.717) is 25.0 Å². The van der Waals surface area contributed by atoms with E-state index in [1.165, 1.54) is 0 Å². The summed E-state index contributed by atoms with van der Waals surface area (Å²) in [6, 6.07) is 0.687. The summed E-state index contributed by atoms with van der Waals surface area (Å²) in [6.45, 7) is 0. The van der Waals surface area contributed by atoms with Crippen molar-refractivity contribution >= 4 is 17.6 Å². The lowest BCUT2D eigenvalue weighted by molar-refractivity contribution is -0.143. The second kappa shape index (κ2) is 7.00. The van der Waals surface area contributed by atoms with Crippen LogP contribution in [-0.4, -0.2) is 17.0 Å². The van der Waals surface area contributed by atoms with Crippen molar-refractivity contribution in [1.82, 2.24) is 0 Å². The minimum Gasteiger partial charge on any atom is -0.478 e. The van der Waals surface area contributed by atoms with Crippen LogP contribution in [-0.2, 0) is 21.9 Å². The van der Waals surface area contributed by atoms with Gasteiger partial charge in [-0.3, -0.25) is 4.79 Å². The number of carbonyl (C=O) groups is 2. The third-order valence-corrected chi connectivity index (χ3v) is 3.85. The molecule has 1 aliphatic carbocycles. The summed E-state index contributed by atoms with van der Waals surface area (Å²) in [5.41, 5.74) is -4.18. The zero-order chi connectivity index (χ0) is 19.7. The number of nitrogens with one attached hydrogen (secondary N) is 1. The van der Waals surface area contributed by atoms with Crippen molar-refractivity contribution in [2.75, 3.05) is 5.32 Å². The molecule has 1 amide bonds. The van der Waals surface area contributed by atoms with Gasteiger partial charge in [-0.1, -0.05) is 0 Å². The standard InChI is InChI=1S/C16H13F6NO3/c17-15(18,19)8-5-9(16(20,21)22)7-10(6-8)23-13(24)11-3-1-2-4-12(11)14(25)26/h5-7H,1-4H2,(H,23,24)(H,25,26). The number of benzene rings is 1. The molecular formula is C16H13F6NO3. The van der Waals surface area contributed by atoms with Gasteiger partial charge in [-0.25, -0.2) is 4.79 Å². The summed E-state index contributed by atoms with van der Waals surface area (Å²) in [5.74, 6) is -2.36. The molecule has 2 rings (SSSR count). The molecule has 0 fully saturated rings. The first-order valence-corrected chi connectivity index (χ1v) is 7.45. The predicted octanol–water partition coefficient (Wildman–Crippen LogP) is 4.62. The number of rotatable bonds is 3. The van der Waals surface area contributed by atoms with Crippen molar-refractivity contribution in [3.05, 3.63) is 40.5 Å². The summed E-state index contributed by atoms with van der Waals surface area (Å²) in [4.78, 5) is 23.4. The summed E-state index contributed by atoms with van der Waals surface area (Å²) >= 11 is 0. The van der Waals surface area contributed by atoms with Gasteiger partial charge in [-0.2, -0.15) is 26.3 Å². The molecule has 0 atom stereocenters. The molecule has 1 aromatic rings. The lowest BCUT2D eigenvalue weighted by Crippen LogP contribution is -2.22. The third kappa shape index (κ3) is 4.55. The average Bonchev–Trinajstić information content (AvgIpc) is 2.52. The molecule has 26 heavy (non-hydrogen) atoms. The molecule has 0 unspecified atom stereocenters. The highest BCUT2D eigenvalue weighted by Gasteiger charge is 2.37. The van der Waals surface area contributed by atoms with E-state index in [2.05, 4.69) is 0 Å². The topological polar surface area (TPSA) is 66.4 Å². The van der Waals surface area contributed by atoms with E-state index in [4.69, 9.17) is 5.11 Å². The van der Waals surface area contributed by atoms with Crippen LogP contribution in [0.25, 0.3) is 0 Å². The summed E-state index contributed by atoms with van der Waals surface area (Å²) in [6.07, 6.45) is -8.88. The van der Waals surface area contributed by atoms with Crippen molar-refractivity contribution in [2.45, 2.75) is 38.0 Å².